The highest BCUT2D eigenvalue weighted by atomic mass is 16.4. The molecule has 0 fully saturated rings. The van der Waals surface area contributed by atoms with Crippen molar-refractivity contribution >= 4 is 5.97 Å². The van der Waals surface area contributed by atoms with Crippen molar-refractivity contribution in [3.8, 4) is 0 Å². The summed E-state index contributed by atoms with van der Waals surface area (Å²) in [5.41, 5.74) is 7.24. The van der Waals surface area contributed by atoms with Crippen molar-refractivity contribution in [2.45, 2.75) is 25.8 Å². The molecule has 2 unspecified atom stereocenters. The number of aliphatic carboxylic acids is 1. The predicted octanol–water partition coefficient (Wildman–Crippen LogP) is 2.15. The van der Waals surface area contributed by atoms with Crippen LogP contribution in [0.2, 0.25) is 0 Å². The van der Waals surface area contributed by atoms with E-state index in [0.29, 0.717) is 5.57 Å². The van der Waals surface area contributed by atoms with E-state index < -0.39 is 5.97 Å². The molecule has 3 heteroatoms. The lowest BCUT2D eigenvalue weighted by atomic mass is 9.91. The van der Waals surface area contributed by atoms with Gasteiger partial charge in [-0.25, -0.2) is 4.79 Å². The number of rotatable bonds is 4. The molecule has 0 aromatic heterocycles. The Morgan fingerprint density at radius 3 is 2.38 bits per heavy atom. The van der Waals surface area contributed by atoms with Crippen LogP contribution in [0.15, 0.2) is 42.0 Å². The van der Waals surface area contributed by atoms with E-state index in [1.807, 2.05) is 37.3 Å². The third-order valence-corrected chi connectivity index (χ3v) is 2.52. The second kappa shape index (κ2) is 5.47. The van der Waals surface area contributed by atoms with E-state index in [0.717, 1.165) is 5.56 Å². The molecule has 0 heterocycles. The van der Waals surface area contributed by atoms with E-state index >= 15 is 0 Å². The lowest BCUT2D eigenvalue weighted by Crippen LogP contribution is -2.24. The Bertz CT molecular complexity index is 382. The van der Waals surface area contributed by atoms with E-state index in [1.165, 1.54) is 0 Å². The number of hydrogen-bond acceptors (Lipinski definition) is 2. The van der Waals surface area contributed by atoms with Crippen LogP contribution in [0.4, 0.5) is 0 Å². The van der Waals surface area contributed by atoms with Crippen molar-refractivity contribution < 1.29 is 9.90 Å². The van der Waals surface area contributed by atoms with Gasteiger partial charge in [-0.15, -0.1) is 0 Å². The molecule has 0 saturated carbocycles. The van der Waals surface area contributed by atoms with Gasteiger partial charge in [-0.2, -0.15) is 0 Å². The minimum atomic E-state index is -0.901. The van der Waals surface area contributed by atoms with Gasteiger partial charge in [-0.3, -0.25) is 0 Å². The van der Waals surface area contributed by atoms with E-state index in [4.69, 9.17) is 10.8 Å². The zero-order chi connectivity index (χ0) is 12.1. The SMILES string of the molecule is C/C(=C\C(c1ccccc1)C(C)N)C(=O)O. The van der Waals surface area contributed by atoms with Gasteiger partial charge in [0.25, 0.3) is 0 Å². The van der Waals surface area contributed by atoms with Gasteiger partial charge in [0.1, 0.15) is 0 Å². The molecule has 3 N–H and O–H groups in total. The summed E-state index contributed by atoms with van der Waals surface area (Å²) >= 11 is 0. The van der Waals surface area contributed by atoms with Crippen molar-refractivity contribution in [2.75, 3.05) is 0 Å². The highest BCUT2D eigenvalue weighted by Crippen LogP contribution is 2.21. The zero-order valence-corrected chi connectivity index (χ0v) is 9.55. The van der Waals surface area contributed by atoms with Crippen molar-refractivity contribution in [1.29, 1.82) is 0 Å². The molecule has 2 atom stereocenters. The summed E-state index contributed by atoms with van der Waals surface area (Å²) in [5, 5.41) is 8.85. The van der Waals surface area contributed by atoms with Crippen LogP contribution in [0.1, 0.15) is 25.3 Å². The molecule has 0 aliphatic carbocycles. The summed E-state index contributed by atoms with van der Waals surface area (Å²) in [6.07, 6.45) is 1.71. The molecule has 1 aromatic carbocycles. The standard InChI is InChI=1S/C13H17NO2/c1-9(13(15)16)8-12(10(2)14)11-6-4-3-5-7-11/h3-8,10,12H,14H2,1-2H3,(H,15,16)/b9-8+. The van der Waals surface area contributed by atoms with Gasteiger partial charge in [-0.1, -0.05) is 36.4 Å². The molecule has 86 valence electrons. The second-order valence-electron chi connectivity index (χ2n) is 3.95. The number of nitrogens with two attached hydrogens (primary N) is 1. The lowest BCUT2D eigenvalue weighted by molar-refractivity contribution is -0.132. The van der Waals surface area contributed by atoms with E-state index in [9.17, 15) is 4.79 Å². The van der Waals surface area contributed by atoms with Gasteiger partial charge in [0.15, 0.2) is 0 Å². The van der Waals surface area contributed by atoms with Crippen LogP contribution in [0.5, 0.6) is 0 Å². The van der Waals surface area contributed by atoms with Crippen LogP contribution in [0, 0.1) is 0 Å². The molecular weight excluding hydrogens is 202 g/mol. The molecule has 3 nitrogen and oxygen atoms in total. The van der Waals surface area contributed by atoms with Gasteiger partial charge in [0.2, 0.25) is 0 Å². The lowest BCUT2D eigenvalue weighted by Gasteiger charge is -2.18. The smallest absolute Gasteiger partial charge is 0.330 e. The van der Waals surface area contributed by atoms with Crippen LogP contribution in [0.25, 0.3) is 0 Å². The fourth-order valence-corrected chi connectivity index (χ4v) is 1.57. The third-order valence-electron chi connectivity index (χ3n) is 2.52. The average molecular weight is 219 g/mol. The van der Waals surface area contributed by atoms with Crippen LogP contribution >= 0.6 is 0 Å². The molecule has 0 radical (unpaired) electrons. The van der Waals surface area contributed by atoms with Gasteiger partial charge in [-0.05, 0) is 19.4 Å². The minimum Gasteiger partial charge on any atom is -0.478 e. The molecule has 1 aromatic rings. The fraction of sp³-hybridized carbons (Fsp3) is 0.308. The van der Waals surface area contributed by atoms with Crippen LogP contribution in [0.3, 0.4) is 0 Å². The summed E-state index contributed by atoms with van der Waals surface area (Å²) in [7, 11) is 0. The first-order valence-corrected chi connectivity index (χ1v) is 5.24. The number of carboxylic acids is 1. The Morgan fingerprint density at radius 2 is 1.94 bits per heavy atom. The maximum Gasteiger partial charge on any atom is 0.330 e. The molecule has 0 amide bonds. The van der Waals surface area contributed by atoms with Crippen molar-refractivity contribution in [3.05, 3.63) is 47.5 Å². The highest BCUT2D eigenvalue weighted by molar-refractivity contribution is 5.86. The van der Waals surface area contributed by atoms with Gasteiger partial charge < -0.3 is 10.8 Å². The molecule has 0 aliphatic rings. The number of hydrogen-bond donors (Lipinski definition) is 2. The maximum atomic E-state index is 10.8. The normalized spacial score (nSPS) is 15.6. The zero-order valence-electron chi connectivity index (χ0n) is 9.55. The van der Waals surface area contributed by atoms with Crippen LogP contribution in [-0.2, 0) is 4.79 Å². The fourth-order valence-electron chi connectivity index (χ4n) is 1.57. The first kappa shape index (κ1) is 12.5. The molecule has 1 rings (SSSR count). The Morgan fingerprint density at radius 1 is 1.38 bits per heavy atom. The third kappa shape index (κ3) is 3.21. The van der Waals surface area contributed by atoms with Crippen molar-refractivity contribution in [1.82, 2.24) is 0 Å². The van der Waals surface area contributed by atoms with Crippen LogP contribution in [-0.4, -0.2) is 17.1 Å². The topological polar surface area (TPSA) is 63.3 Å². The number of carbonyl (C=O) groups is 1. The first-order valence-electron chi connectivity index (χ1n) is 5.24. The summed E-state index contributed by atoms with van der Waals surface area (Å²) in [4.78, 5) is 10.8. The summed E-state index contributed by atoms with van der Waals surface area (Å²) in [6, 6.07) is 9.58. The number of benzene rings is 1. The van der Waals surface area contributed by atoms with E-state index in [2.05, 4.69) is 0 Å². The molecule has 0 bridgehead atoms. The Hall–Kier alpha value is -1.61. The number of carboxylic acid groups (broad SMARTS) is 1. The molecule has 0 saturated heterocycles. The second-order valence-corrected chi connectivity index (χ2v) is 3.95. The van der Waals surface area contributed by atoms with Crippen molar-refractivity contribution in [3.63, 3.8) is 0 Å². The summed E-state index contributed by atoms with van der Waals surface area (Å²) in [5.74, 6) is -0.959. The average Bonchev–Trinajstić information content (AvgIpc) is 2.26. The molecule has 16 heavy (non-hydrogen) atoms. The van der Waals surface area contributed by atoms with E-state index in [1.54, 1.807) is 13.0 Å². The Labute approximate surface area is 95.6 Å². The van der Waals surface area contributed by atoms with Crippen molar-refractivity contribution in [2.24, 2.45) is 5.73 Å². The Balaban J connectivity index is 3.02. The van der Waals surface area contributed by atoms with E-state index in [-0.39, 0.29) is 12.0 Å². The molecule has 0 spiro atoms. The Kier molecular flexibility index (Phi) is 4.26. The van der Waals surface area contributed by atoms with Gasteiger partial charge in [0.05, 0.1) is 0 Å². The monoisotopic (exact) mass is 219 g/mol. The highest BCUT2D eigenvalue weighted by Gasteiger charge is 2.15. The molecular formula is C13H17NO2. The molecule has 0 aliphatic heterocycles. The maximum absolute atomic E-state index is 10.8. The van der Waals surface area contributed by atoms with Gasteiger partial charge >= 0.3 is 5.97 Å². The summed E-state index contributed by atoms with van der Waals surface area (Å²) in [6.45, 7) is 3.46. The summed E-state index contributed by atoms with van der Waals surface area (Å²) < 4.78 is 0. The predicted molar refractivity (Wildman–Crippen MR) is 64.2 cm³/mol. The largest absolute Gasteiger partial charge is 0.478 e. The minimum absolute atomic E-state index is 0.0581. The first-order chi connectivity index (χ1) is 7.52. The quantitative estimate of drug-likeness (QED) is 0.763. The van der Waals surface area contributed by atoms with Crippen LogP contribution < -0.4 is 5.73 Å². The van der Waals surface area contributed by atoms with Gasteiger partial charge in [0, 0.05) is 17.5 Å².